The van der Waals surface area contributed by atoms with Crippen LogP contribution in [0.2, 0.25) is 0 Å². The van der Waals surface area contributed by atoms with Gasteiger partial charge in [0.05, 0.1) is 16.6 Å². The number of aromatic nitrogens is 2. The van der Waals surface area contributed by atoms with Crippen molar-refractivity contribution < 1.29 is 10.0 Å². The molecule has 0 saturated heterocycles. The number of carbonyl (C=O) groups is 1. The van der Waals surface area contributed by atoms with Gasteiger partial charge in [-0.2, -0.15) is 5.10 Å². The topological polar surface area (TPSA) is 116 Å². The third-order valence-electron chi connectivity index (χ3n) is 3.48. The molecular formula is C13H15N5O2S. The molecule has 1 amide bonds. The molecule has 5 N–H and O–H groups in total. The predicted octanol–water partition coefficient (Wildman–Crippen LogP) is 1.70. The second-order valence-corrected chi connectivity index (χ2v) is 6.00. The zero-order chi connectivity index (χ0) is 14.8. The summed E-state index contributed by atoms with van der Waals surface area (Å²) in [7, 11) is 0. The summed E-state index contributed by atoms with van der Waals surface area (Å²) >= 11 is 1.53. The number of anilines is 1. The Bertz CT molecular complexity index is 680. The molecule has 0 bridgehead atoms. The number of nitrogens with zero attached hydrogens (tertiary/aromatic N) is 2. The zero-order valence-corrected chi connectivity index (χ0v) is 12.0. The molecule has 0 spiro atoms. The molecular weight excluding hydrogens is 290 g/mol. The van der Waals surface area contributed by atoms with Crippen LogP contribution in [0.5, 0.6) is 0 Å². The van der Waals surface area contributed by atoms with Gasteiger partial charge >= 0.3 is 0 Å². The number of amides is 1. The van der Waals surface area contributed by atoms with Crippen molar-refractivity contribution in [3.63, 3.8) is 0 Å². The number of carbonyl (C=O) groups excluding carboxylic acids is 1. The van der Waals surface area contributed by atoms with E-state index in [2.05, 4.69) is 20.7 Å². The first-order valence-corrected chi connectivity index (χ1v) is 7.45. The summed E-state index contributed by atoms with van der Waals surface area (Å²) in [5, 5.41) is 20.8. The molecule has 0 radical (unpaired) electrons. The molecule has 2 aromatic rings. The van der Waals surface area contributed by atoms with E-state index in [4.69, 9.17) is 10.9 Å². The van der Waals surface area contributed by atoms with E-state index in [1.807, 2.05) is 6.07 Å². The molecule has 110 valence electrons. The van der Waals surface area contributed by atoms with Gasteiger partial charge in [-0.3, -0.25) is 9.89 Å². The van der Waals surface area contributed by atoms with Gasteiger partial charge in [0.2, 0.25) is 0 Å². The van der Waals surface area contributed by atoms with Crippen LogP contribution in [0.4, 0.5) is 5.82 Å². The molecule has 21 heavy (non-hydrogen) atoms. The number of fused-ring (bicyclic) bond motifs is 1. The quantitative estimate of drug-likeness (QED) is 0.299. The Balaban J connectivity index is 1.81. The van der Waals surface area contributed by atoms with E-state index in [0.29, 0.717) is 16.3 Å². The maximum Gasteiger partial charge on any atom is 0.266 e. The van der Waals surface area contributed by atoms with E-state index in [0.717, 1.165) is 12.8 Å². The van der Waals surface area contributed by atoms with Crippen molar-refractivity contribution in [1.29, 1.82) is 0 Å². The summed E-state index contributed by atoms with van der Waals surface area (Å²) in [4.78, 5) is 14.3. The molecule has 3 rings (SSSR count). The number of nitrogens with two attached hydrogens (primary N) is 1. The normalized spacial score (nSPS) is 14.8. The molecule has 2 aromatic heterocycles. The maximum atomic E-state index is 12.3. The molecule has 0 fully saturated rings. The van der Waals surface area contributed by atoms with E-state index in [9.17, 15) is 4.79 Å². The Labute approximate surface area is 124 Å². The Hall–Kier alpha value is -2.35. The molecule has 0 aliphatic heterocycles. The number of thiophene rings is 1. The summed E-state index contributed by atoms with van der Waals surface area (Å²) in [5.41, 5.74) is 7.15. The number of hydrogen-bond donors (Lipinski definition) is 4. The van der Waals surface area contributed by atoms with Crippen molar-refractivity contribution in [2.45, 2.75) is 25.7 Å². The third-order valence-corrected chi connectivity index (χ3v) is 4.72. The van der Waals surface area contributed by atoms with Crippen LogP contribution >= 0.6 is 11.3 Å². The second kappa shape index (κ2) is 5.57. The van der Waals surface area contributed by atoms with Crippen molar-refractivity contribution in [1.82, 2.24) is 10.2 Å². The fourth-order valence-electron chi connectivity index (χ4n) is 2.41. The fourth-order valence-corrected chi connectivity index (χ4v) is 3.56. The number of hydrogen-bond acceptors (Lipinski definition) is 5. The summed E-state index contributed by atoms with van der Waals surface area (Å²) in [6.45, 7) is 0. The minimum absolute atomic E-state index is 0.107. The summed E-state index contributed by atoms with van der Waals surface area (Å²) in [6, 6.07) is 1.95. The highest BCUT2D eigenvalue weighted by atomic mass is 32.1. The zero-order valence-electron chi connectivity index (χ0n) is 11.2. The first-order chi connectivity index (χ1) is 10.2. The van der Waals surface area contributed by atoms with Gasteiger partial charge in [-0.15, -0.1) is 11.3 Å². The molecule has 1 aliphatic rings. The van der Waals surface area contributed by atoms with Crippen molar-refractivity contribution in [3.8, 4) is 0 Å². The molecule has 2 heterocycles. The van der Waals surface area contributed by atoms with E-state index in [-0.39, 0.29) is 11.7 Å². The Morgan fingerprint density at radius 1 is 1.48 bits per heavy atom. The maximum absolute atomic E-state index is 12.3. The smallest absolute Gasteiger partial charge is 0.266 e. The number of oxime groups is 1. The summed E-state index contributed by atoms with van der Waals surface area (Å²) < 4.78 is 0. The first-order valence-electron chi connectivity index (χ1n) is 6.63. The van der Waals surface area contributed by atoms with Crippen molar-refractivity contribution in [2.24, 2.45) is 10.9 Å². The molecule has 0 unspecified atom stereocenters. The van der Waals surface area contributed by atoms with Crippen LogP contribution in [0, 0.1) is 0 Å². The average Bonchev–Trinajstić information content (AvgIpc) is 3.12. The lowest BCUT2D eigenvalue weighted by Crippen LogP contribution is -2.17. The fraction of sp³-hybridized carbons (Fsp3) is 0.308. The van der Waals surface area contributed by atoms with Gasteiger partial charge in [0.1, 0.15) is 5.82 Å². The van der Waals surface area contributed by atoms with Gasteiger partial charge in [-0.25, -0.2) is 0 Å². The van der Waals surface area contributed by atoms with Crippen LogP contribution < -0.4 is 11.1 Å². The van der Waals surface area contributed by atoms with Crippen molar-refractivity contribution >= 4 is 28.9 Å². The van der Waals surface area contributed by atoms with E-state index >= 15 is 0 Å². The van der Waals surface area contributed by atoms with Gasteiger partial charge in [0, 0.05) is 4.88 Å². The molecule has 8 heteroatoms. The first kappa shape index (κ1) is 13.6. The van der Waals surface area contributed by atoms with Crippen LogP contribution in [-0.2, 0) is 12.8 Å². The lowest BCUT2D eigenvalue weighted by atomic mass is 9.99. The van der Waals surface area contributed by atoms with Gasteiger partial charge in [0.25, 0.3) is 5.91 Å². The minimum Gasteiger partial charge on any atom is -0.409 e. The minimum atomic E-state index is -0.217. The highest BCUT2D eigenvalue weighted by Gasteiger charge is 2.19. The number of H-pyrrole nitrogens is 1. The predicted molar refractivity (Wildman–Crippen MR) is 80.0 cm³/mol. The monoisotopic (exact) mass is 305 g/mol. The second-order valence-electron chi connectivity index (χ2n) is 4.86. The van der Waals surface area contributed by atoms with Gasteiger partial charge < -0.3 is 16.3 Å². The number of rotatable bonds is 3. The lowest BCUT2D eigenvalue weighted by Gasteiger charge is -2.08. The third kappa shape index (κ3) is 2.62. The van der Waals surface area contributed by atoms with Gasteiger partial charge in [-0.05, 0) is 37.3 Å². The molecule has 0 saturated carbocycles. The van der Waals surface area contributed by atoms with E-state index in [1.54, 1.807) is 0 Å². The van der Waals surface area contributed by atoms with Crippen LogP contribution in [0.25, 0.3) is 0 Å². The number of aromatic amines is 1. The van der Waals surface area contributed by atoms with E-state index in [1.165, 1.54) is 40.8 Å². The SMILES string of the molecule is NC(=NO)c1cn[nH]c1NC(=O)c1cc2c(s1)CCCC2. The van der Waals surface area contributed by atoms with Crippen LogP contribution in [-0.4, -0.2) is 27.1 Å². The number of nitrogens with one attached hydrogen (secondary N) is 2. The van der Waals surface area contributed by atoms with Crippen LogP contribution in [0.3, 0.4) is 0 Å². The molecule has 0 atom stereocenters. The standard InChI is InChI=1S/C13H15N5O2S/c14-11(18-20)8-6-15-17-12(8)16-13(19)10-5-7-3-1-2-4-9(7)21-10/h5-6,20H,1-4H2,(H2,14,18)(H2,15,16,17,19). The van der Waals surface area contributed by atoms with Crippen molar-refractivity contribution in [2.75, 3.05) is 5.32 Å². The Morgan fingerprint density at radius 3 is 3.05 bits per heavy atom. The van der Waals surface area contributed by atoms with Gasteiger partial charge in [0.15, 0.2) is 5.84 Å². The molecule has 1 aliphatic carbocycles. The summed E-state index contributed by atoms with van der Waals surface area (Å²) in [6.07, 6.45) is 5.84. The Kier molecular flexibility index (Phi) is 3.61. The van der Waals surface area contributed by atoms with Crippen molar-refractivity contribution in [3.05, 3.63) is 33.1 Å². The largest absolute Gasteiger partial charge is 0.409 e. The highest BCUT2D eigenvalue weighted by molar-refractivity contribution is 7.14. The molecule has 0 aromatic carbocycles. The number of amidine groups is 1. The van der Waals surface area contributed by atoms with Crippen LogP contribution in [0.15, 0.2) is 17.4 Å². The number of aryl methyl sites for hydroxylation is 2. The van der Waals surface area contributed by atoms with Gasteiger partial charge in [-0.1, -0.05) is 5.16 Å². The van der Waals surface area contributed by atoms with E-state index < -0.39 is 0 Å². The Morgan fingerprint density at radius 2 is 2.29 bits per heavy atom. The highest BCUT2D eigenvalue weighted by Crippen LogP contribution is 2.30. The lowest BCUT2D eigenvalue weighted by molar-refractivity contribution is 0.103. The molecule has 7 nitrogen and oxygen atoms in total. The summed E-state index contributed by atoms with van der Waals surface area (Å²) in [5.74, 6) is -0.00293. The van der Waals surface area contributed by atoms with Crippen LogP contribution in [0.1, 0.15) is 38.5 Å². The average molecular weight is 305 g/mol.